The van der Waals surface area contributed by atoms with Gasteiger partial charge in [-0.15, -0.1) is 0 Å². The van der Waals surface area contributed by atoms with Gasteiger partial charge < -0.3 is 5.32 Å². The number of sulfonamides is 1. The molecule has 1 aliphatic heterocycles. The molecule has 1 aliphatic carbocycles. The van der Waals surface area contributed by atoms with Crippen LogP contribution in [0.15, 0.2) is 0 Å². The lowest BCUT2D eigenvalue weighted by atomic mass is 10.3. The molecule has 0 spiro atoms. The Kier molecular flexibility index (Phi) is 4.78. The number of piperazine rings is 1. The van der Waals surface area contributed by atoms with Crippen molar-refractivity contribution in [3.8, 4) is 0 Å². The van der Waals surface area contributed by atoms with Gasteiger partial charge in [-0.2, -0.15) is 0 Å². The summed E-state index contributed by atoms with van der Waals surface area (Å²) in [5.41, 5.74) is 0. The number of rotatable bonds is 7. The maximum Gasteiger partial charge on any atom is 0.212 e. The highest BCUT2D eigenvalue weighted by Gasteiger charge is 2.21. The summed E-state index contributed by atoms with van der Waals surface area (Å²) in [6.07, 6.45) is 3.57. The molecule has 17 heavy (non-hydrogen) atoms. The molecule has 0 bridgehead atoms. The van der Waals surface area contributed by atoms with E-state index in [-0.39, 0.29) is 5.75 Å². The van der Waals surface area contributed by atoms with Crippen molar-refractivity contribution in [1.82, 2.24) is 14.9 Å². The van der Waals surface area contributed by atoms with Crippen molar-refractivity contribution in [1.29, 1.82) is 0 Å². The molecule has 1 saturated heterocycles. The molecule has 0 aromatic heterocycles. The number of nitrogens with one attached hydrogen (secondary N) is 2. The summed E-state index contributed by atoms with van der Waals surface area (Å²) in [6, 6.07) is 0. The smallest absolute Gasteiger partial charge is 0.212 e. The Morgan fingerprint density at radius 3 is 2.59 bits per heavy atom. The van der Waals surface area contributed by atoms with Gasteiger partial charge in [-0.1, -0.05) is 12.8 Å². The van der Waals surface area contributed by atoms with E-state index in [1.54, 1.807) is 0 Å². The second-order valence-electron chi connectivity index (χ2n) is 5.04. The monoisotopic (exact) mass is 261 g/mol. The molecular formula is C11H23N3O2S. The molecule has 1 heterocycles. The lowest BCUT2D eigenvalue weighted by Gasteiger charge is -2.26. The summed E-state index contributed by atoms with van der Waals surface area (Å²) >= 11 is 0. The van der Waals surface area contributed by atoms with Crippen molar-refractivity contribution in [2.24, 2.45) is 5.92 Å². The van der Waals surface area contributed by atoms with Crippen LogP contribution in [0.4, 0.5) is 0 Å². The van der Waals surface area contributed by atoms with E-state index in [1.807, 2.05) is 0 Å². The molecule has 0 amide bonds. The molecule has 5 nitrogen and oxygen atoms in total. The Bertz CT molecular complexity index is 322. The van der Waals surface area contributed by atoms with Gasteiger partial charge in [0, 0.05) is 39.3 Å². The second-order valence-corrected chi connectivity index (χ2v) is 6.96. The predicted octanol–water partition coefficient (Wildman–Crippen LogP) is -0.389. The first-order valence-corrected chi connectivity index (χ1v) is 8.21. The lowest BCUT2D eigenvalue weighted by Crippen LogP contribution is -2.46. The molecule has 100 valence electrons. The summed E-state index contributed by atoms with van der Waals surface area (Å²) in [7, 11) is -3.06. The van der Waals surface area contributed by atoms with Crippen LogP contribution in [0.3, 0.4) is 0 Å². The third kappa shape index (κ3) is 5.33. The van der Waals surface area contributed by atoms with Gasteiger partial charge in [-0.05, 0) is 12.3 Å². The number of nitrogens with zero attached hydrogens (tertiary/aromatic N) is 1. The van der Waals surface area contributed by atoms with E-state index in [2.05, 4.69) is 14.9 Å². The van der Waals surface area contributed by atoms with E-state index < -0.39 is 10.0 Å². The Morgan fingerprint density at radius 2 is 1.94 bits per heavy atom. The van der Waals surface area contributed by atoms with Gasteiger partial charge in [0.15, 0.2) is 0 Å². The zero-order valence-corrected chi connectivity index (χ0v) is 11.1. The zero-order chi connectivity index (χ0) is 12.1. The van der Waals surface area contributed by atoms with Gasteiger partial charge >= 0.3 is 0 Å². The minimum absolute atomic E-state index is 0.234. The first kappa shape index (κ1) is 13.3. The van der Waals surface area contributed by atoms with Crippen molar-refractivity contribution in [2.75, 3.05) is 45.0 Å². The molecule has 2 N–H and O–H groups in total. The highest BCUT2D eigenvalue weighted by atomic mass is 32.2. The maximum absolute atomic E-state index is 11.7. The highest BCUT2D eigenvalue weighted by Crippen LogP contribution is 2.31. The summed E-state index contributed by atoms with van der Waals surface area (Å²) in [6.45, 7) is 5.12. The molecule has 0 aromatic rings. The van der Waals surface area contributed by atoms with Crippen LogP contribution in [-0.2, 0) is 10.0 Å². The molecule has 6 heteroatoms. The van der Waals surface area contributed by atoms with Crippen LogP contribution >= 0.6 is 0 Å². The van der Waals surface area contributed by atoms with Gasteiger partial charge in [0.25, 0.3) is 0 Å². The molecule has 0 atom stereocenters. The van der Waals surface area contributed by atoms with E-state index in [4.69, 9.17) is 0 Å². The van der Waals surface area contributed by atoms with Crippen LogP contribution in [-0.4, -0.2) is 58.3 Å². The molecule has 2 fully saturated rings. The Morgan fingerprint density at radius 1 is 1.24 bits per heavy atom. The molecule has 0 radical (unpaired) electrons. The van der Waals surface area contributed by atoms with E-state index in [0.29, 0.717) is 13.1 Å². The minimum Gasteiger partial charge on any atom is -0.314 e. The van der Waals surface area contributed by atoms with Crippen molar-refractivity contribution in [3.63, 3.8) is 0 Å². The minimum atomic E-state index is -3.06. The second kappa shape index (κ2) is 6.13. The van der Waals surface area contributed by atoms with Crippen LogP contribution < -0.4 is 10.0 Å². The topological polar surface area (TPSA) is 61.4 Å². The normalized spacial score (nSPS) is 22.8. The lowest BCUT2D eigenvalue weighted by molar-refractivity contribution is 0.253. The molecular weight excluding hydrogens is 238 g/mol. The van der Waals surface area contributed by atoms with Gasteiger partial charge in [0.05, 0.1) is 5.75 Å². The van der Waals surface area contributed by atoms with Crippen LogP contribution in [0, 0.1) is 5.92 Å². The summed E-state index contributed by atoms with van der Waals surface area (Å²) in [4.78, 5) is 2.20. The summed E-state index contributed by atoms with van der Waals surface area (Å²) < 4.78 is 26.1. The van der Waals surface area contributed by atoms with Crippen molar-refractivity contribution in [3.05, 3.63) is 0 Å². The quantitative estimate of drug-likeness (QED) is 0.655. The Hall–Kier alpha value is -0.170. The van der Waals surface area contributed by atoms with E-state index in [9.17, 15) is 8.42 Å². The fourth-order valence-corrected chi connectivity index (χ4v) is 3.15. The first-order valence-electron chi connectivity index (χ1n) is 6.56. The van der Waals surface area contributed by atoms with Gasteiger partial charge in [-0.25, -0.2) is 13.1 Å². The average molecular weight is 261 g/mol. The fraction of sp³-hybridized carbons (Fsp3) is 1.00. The zero-order valence-electron chi connectivity index (χ0n) is 10.3. The van der Waals surface area contributed by atoms with Crippen LogP contribution in [0.1, 0.15) is 19.3 Å². The van der Waals surface area contributed by atoms with Crippen LogP contribution in [0.25, 0.3) is 0 Å². The van der Waals surface area contributed by atoms with Crippen LogP contribution in [0.5, 0.6) is 0 Å². The van der Waals surface area contributed by atoms with Crippen molar-refractivity contribution in [2.45, 2.75) is 19.3 Å². The molecule has 2 rings (SSSR count). The third-order valence-corrected chi connectivity index (χ3v) is 4.82. The van der Waals surface area contributed by atoms with E-state index in [0.717, 1.165) is 38.5 Å². The third-order valence-electron chi connectivity index (χ3n) is 3.46. The van der Waals surface area contributed by atoms with Crippen LogP contribution in [0.2, 0.25) is 0 Å². The molecule has 2 aliphatic rings. The maximum atomic E-state index is 11.7. The average Bonchev–Trinajstić information content (AvgIpc) is 3.12. The van der Waals surface area contributed by atoms with Gasteiger partial charge in [0.2, 0.25) is 10.0 Å². The molecule has 1 saturated carbocycles. The highest BCUT2D eigenvalue weighted by molar-refractivity contribution is 7.89. The Labute approximate surface area is 104 Å². The van der Waals surface area contributed by atoms with Gasteiger partial charge in [-0.3, -0.25) is 4.90 Å². The predicted molar refractivity (Wildman–Crippen MR) is 68.4 cm³/mol. The molecule has 0 aromatic carbocycles. The van der Waals surface area contributed by atoms with E-state index >= 15 is 0 Å². The molecule has 0 unspecified atom stereocenters. The number of hydrogen-bond acceptors (Lipinski definition) is 4. The van der Waals surface area contributed by atoms with E-state index in [1.165, 1.54) is 12.8 Å². The summed E-state index contributed by atoms with van der Waals surface area (Å²) in [5.74, 6) is 1.02. The van der Waals surface area contributed by atoms with Crippen molar-refractivity contribution < 1.29 is 8.42 Å². The fourth-order valence-electron chi connectivity index (χ4n) is 2.08. The largest absolute Gasteiger partial charge is 0.314 e. The Balaban J connectivity index is 1.61. The number of hydrogen-bond donors (Lipinski definition) is 2. The van der Waals surface area contributed by atoms with Gasteiger partial charge in [0.1, 0.15) is 0 Å². The van der Waals surface area contributed by atoms with Crippen molar-refractivity contribution >= 4 is 10.0 Å². The standard InChI is InChI=1S/C11H23N3O2S/c15-17(16,13-4-3-11-1-2-11)10-9-14-7-5-12-6-8-14/h11-13H,1-10H2. The summed E-state index contributed by atoms with van der Waals surface area (Å²) in [5, 5.41) is 3.26. The first-order chi connectivity index (χ1) is 8.16. The SMILES string of the molecule is O=S(=O)(CCN1CCNCC1)NCCC1CC1.